The van der Waals surface area contributed by atoms with Gasteiger partial charge in [0.25, 0.3) is 11.8 Å². The van der Waals surface area contributed by atoms with E-state index >= 15 is 0 Å². The number of hydrogen-bond donors (Lipinski definition) is 4. The van der Waals surface area contributed by atoms with Gasteiger partial charge in [0.1, 0.15) is 11.4 Å². The van der Waals surface area contributed by atoms with Gasteiger partial charge in [0.15, 0.2) is 0 Å². The Labute approximate surface area is 117 Å². The fourth-order valence-corrected chi connectivity index (χ4v) is 1.86. The van der Waals surface area contributed by atoms with E-state index in [0.717, 1.165) is 4.47 Å². The number of urea groups is 1. The number of imide groups is 1. The Balaban J connectivity index is 1.78. The van der Waals surface area contributed by atoms with E-state index in [1.165, 1.54) is 0 Å². The Kier molecular flexibility index (Phi) is 4.00. The van der Waals surface area contributed by atoms with Gasteiger partial charge in [-0.15, -0.1) is 0 Å². The zero-order valence-corrected chi connectivity index (χ0v) is 11.3. The van der Waals surface area contributed by atoms with Gasteiger partial charge >= 0.3 is 6.03 Å². The lowest BCUT2D eigenvalue weighted by Gasteiger charge is -2.01. The highest BCUT2D eigenvalue weighted by Crippen LogP contribution is 2.10. The molecule has 0 aliphatic carbocycles. The van der Waals surface area contributed by atoms with Gasteiger partial charge in [-0.1, -0.05) is 6.08 Å². The van der Waals surface area contributed by atoms with Crippen LogP contribution >= 0.6 is 15.9 Å². The fraction of sp³-hybridized carbons (Fsp3) is 0.182. The molecule has 0 bridgehead atoms. The molecule has 1 saturated heterocycles. The van der Waals surface area contributed by atoms with Crippen molar-refractivity contribution in [3.63, 3.8) is 0 Å². The third kappa shape index (κ3) is 3.44. The second kappa shape index (κ2) is 5.70. The molecule has 0 saturated carbocycles. The van der Waals surface area contributed by atoms with Crippen molar-refractivity contribution < 1.29 is 14.4 Å². The van der Waals surface area contributed by atoms with Crippen LogP contribution in [0.5, 0.6) is 0 Å². The minimum absolute atomic E-state index is 0.210. The van der Waals surface area contributed by atoms with Gasteiger partial charge in [-0.25, -0.2) is 4.79 Å². The van der Waals surface area contributed by atoms with Crippen molar-refractivity contribution in [3.05, 3.63) is 34.2 Å². The number of carbonyl (C=O) groups is 3. The molecule has 1 aromatic rings. The Morgan fingerprint density at radius 2 is 2.16 bits per heavy atom. The van der Waals surface area contributed by atoms with Crippen molar-refractivity contribution >= 4 is 33.8 Å². The van der Waals surface area contributed by atoms with E-state index < -0.39 is 11.9 Å². The Hall–Kier alpha value is -2.09. The van der Waals surface area contributed by atoms with Crippen LogP contribution < -0.4 is 16.0 Å². The summed E-state index contributed by atoms with van der Waals surface area (Å²) in [6.07, 6.45) is 3.66. The minimum atomic E-state index is -0.531. The zero-order valence-electron chi connectivity index (χ0n) is 9.75. The number of nitrogens with one attached hydrogen (secondary N) is 4. The molecule has 0 atom stereocenters. The summed E-state index contributed by atoms with van der Waals surface area (Å²) in [4.78, 5) is 36.4. The van der Waals surface area contributed by atoms with Crippen LogP contribution in [0.3, 0.4) is 0 Å². The first-order chi connectivity index (χ1) is 9.06. The van der Waals surface area contributed by atoms with Gasteiger partial charge in [0.2, 0.25) is 0 Å². The van der Waals surface area contributed by atoms with Gasteiger partial charge < -0.3 is 15.6 Å². The van der Waals surface area contributed by atoms with Crippen LogP contribution in [0.4, 0.5) is 4.79 Å². The second-order valence-corrected chi connectivity index (χ2v) is 4.72. The van der Waals surface area contributed by atoms with E-state index in [4.69, 9.17) is 0 Å². The zero-order chi connectivity index (χ0) is 13.8. The SMILES string of the molecule is O=C1NC(=O)C(=CCCNC(=O)c2cc(Br)c[nH]2)N1. The third-order valence-corrected chi connectivity index (χ3v) is 2.85. The van der Waals surface area contributed by atoms with Crippen LogP contribution in [0, 0.1) is 0 Å². The van der Waals surface area contributed by atoms with Crippen LogP contribution in [0.15, 0.2) is 28.5 Å². The molecule has 0 spiro atoms. The molecule has 1 fully saturated rings. The van der Waals surface area contributed by atoms with E-state index in [1.54, 1.807) is 18.3 Å². The van der Waals surface area contributed by atoms with E-state index in [0.29, 0.717) is 18.7 Å². The molecule has 100 valence electrons. The number of H-pyrrole nitrogens is 1. The van der Waals surface area contributed by atoms with E-state index in [-0.39, 0.29) is 11.6 Å². The molecule has 2 heterocycles. The number of aromatic amines is 1. The lowest BCUT2D eigenvalue weighted by Crippen LogP contribution is -2.24. The van der Waals surface area contributed by atoms with Gasteiger partial charge in [-0.2, -0.15) is 0 Å². The molecule has 19 heavy (non-hydrogen) atoms. The van der Waals surface area contributed by atoms with Crippen LogP contribution in [-0.4, -0.2) is 29.4 Å². The summed E-state index contributed by atoms with van der Waals surface area (Å²) in [7, 11) is 0. The number of amides is 4. The normalized spacial score (nSPS) is 16.4. The summed E-state index contributed by atoms with van der Waals surface area (Å²) in [5.74, 6) is -0.686. The lowest BCUT2D eigenvalue weighted by atomic mass is 10.3. The summed E-state index contributed by atoms with van der Waals surface area (Å²) in [6.45, 7) is 0.363. The highest BCUT2D eigenvalue weighted by atomic mass is 79.9. The molecule has 8 heteroatoms. The highest BCUT2D eigenvalue weighted by molar-refractivity contribution is 9.10. The predicted octanol–water partition coefficient (Wildman–Crippen LogP) is 0.620. The molecule has 7 nitrogen and oxygen atoms in total. The first-order valence-electron chi connectivity index (χ1n) is 5.51. The maximum atomic E-state index is 11.6. The number of hydrogen-bond acceptors (Lipinski definition) is 3. The molecule has 4 N–H and O–H groups in total. The topological polar surface area (TPSA) is 103 Å². The summed E-state index contributed by atoms with van der Waals surface area (Å²) < 4.78 is 0.796. The highest BCUT2D eigenvalue weighted by Gasteiger charge is 2.22. The molecule has 0 aromatic carbocycles. The molecule has 0 radical (unpaired) electrons. The van der Waals surface area contributed by atoms with E-state index in [1.807, 2.05) is 0 Å². The monoisotopic (exact) mass is 326 g/mol. The van der Waals surface area contributed by atoms with Crippen molar-refractivity contribution in [2.75, 3.05) is 6.54 Å². The van der Waals surface area contributed by atoms with Crippen molar-refractivity contribution in [2.24, 2.45) is 0 Å². The standard InChI is InChI=1S/C11H11BrN4O3/c12-6-4-8(14-5-6)9(17)13-3-1-2-7-10(18)16-11(19)15-7/h2,4-5,14H,1,3H2,(H,13,17)(H2,15,16,18,19). The number of aromatic nitrogens is 1. The molecule has 1 aromatic heterocycles. The minimum Gasteiger partial charge on any atom is -0.356 e. The molecular formula is C11H11BrN4O3. The summed E-state index contributed by atoms with van der Waals surface area (Å²) in [5, 5.41) is 7.14. The summed E-state index contributed by atoms with van der Waals surface area (Å²) >= 11 is 3.23. The molecule has 2 rings (SSSR count). The van der Waals surface area contributed by atoms with E-state index in [9.17, 15) is 14.4 Å². The number of rotatable bonds is 4. The van der Waals surface area contributed by atoms with Gasteiger partial charge in [-0.3, -0.25) is 14.9 Å². The molecule has 1 aliphatic rings. The summed E-state index contributed by atoms with van der Waals surface area (Å²) in [5.41, 5.74) is 0.660. The number of carbonyl (C=O) groups excluding carboxylic acids is 3. The first-order valence-corrected chi connectivity index (χ1v) is 6.30. The maximum absolute atomic E-state index is 11.6. The smallest absolute Gasteiger partial charge is 0.326 e. The largest absolute Gasteiger partial charge is 0.356 e. The second-order valence-electron chi connectivity index (χ2n) is 3.80. The number of halogens is 1. The average Bonchev–Trinajstić information content (AvgIpc) is 2.91. The van der Waals surface area contributed by atoms with Crippen molar-refractivity contribution in [1.82, 2.24) is 20.9 Å². The Morgan fingerprint density at radius 1 is 1.37 bits per heavy atom. The Bertz CT molecular complexity index is 564. The van der Waals surface area contributed by atoms with Gasteiger partial charge in [0, 0.05) is 17.2 Å². The predicted molar refractivity (Wildman–Crippen MR) is 70.2 cm³/mol. The molecule has 4 amide bonds. The van der Waals surface area contributed by atoms with Gasteiger partial charge in [0.05, 0.1) is 0 Å². The fourth-order valence-electron chi connectivity index (χ4n) is 1.52. The van der Waals surface area contributed by atoms with Crippen LogP contribution in [0.25, 0.3) is 0 Å². The van der Waals surface area contributed by atoms with Crippen molar-refractivity contribution in [3.8, 4) is 0 Å². The van der Waals surface area contributed by atoms with Crippen LogP contribution in [0.1, 0.15) is 16.9 Å². The molecule has 1 aliphatic heterocycles. The molecular weight excluding hydrogens is 316 g/mol. The first kappa shape index (κ1) is 13.3. The Morgan fingerprint density at radius 3 is 2.74 bits per heavy atom. The quantitative estimate of drug-likeness (QED) is 0.370. The average molecular weight is 327 g/mol. The van der Waals surface area contributed by atoms with Crippen LogP contribution in [-0.2, 0) is 4.79 Å². The van der Waals surface area contributed by atoms with Gasteiger partial charge in [-0.05, 0) is 28.4 Å². The van der Waals surface area contributed by atoms with Crippen molar-refractivity contribution in [1.29, 1.82) is 0 Å². The third-order valence-electron chi connectivity index (χ3n) is 2.39. The van der Waals surface area contributed by atoms with Crippen molar-refractivity contribution in [2.45, 2.75) is 6.42 Å². The van der Waals surface area contributed by atoms with Crippen LogP contribution in [0.2, 0.25) is 0 Å². The maximum Gasteiger partial charge on any atom is 0.326 e. The lowest BCUT2D eigenvalue weighted by molar-refractivity contribution is -0.115. The summed E-state index contributed by atoms with van der Waals surface area (Å²) in [6, 6.07) is 1.13. The van der Waals surface area contributed by atoms with E-state index in [2.05, 4.69) is 36.9 Å². The molecule has 0 unspecified atom stereocenters.